The molecule has 0 saturated heterocycles. The van der Waals surface area contributed by atoms with Crippen molar-refractivity contribution in [3.63, 3.8) is 0 Å². The maximum Gasteiger partial charge on any atom is 0.0951 e. The van der Waals surface area contributed by atoms with Crippen molar-refractivity contribution in [3.05, 3.63) is 69.7 Å². The third kappa shape index (κ3) is 4.16. The third-order valence-corrected chi connectivity index (χ3v) is 3.46. The summed E-state index contributed by atoms with van der Waals surface area (Å²) < 4.78 is 6.99. The summed E-state index contributed by atoms with van der Waals surface area (Å²) >= 11 is 3.46. The van der Waals surface area contributed by atoms with Crippen molar-refractivity contribution < 1.29 is 4.74 Å². The van der Waals surface area contributed by atoms with Crippen molar-refractivity contribution >= 4 is 15.9 Å². The lowest BCUT2D eigenvalue weighted by molar-refractivity contribution is 0.0456. The van der Waals surface area contributed by atoms with Gasteiger partial charge < -0.3 is 10.5 Å². The zero-order valence-electron chi connectivity index (χ0n) is 11.0. The smallest absolute Gasteiger partial charge is 0.0951 e. The molecule has 2 nitrogen and oxygen atoms in total. The van der Waals surface area contributed by atoms with Gasteiger partial charge in [0.15, 0.2) is 0 Å². The van der Waals surface area contributed by atoms with Crippen LogP contribution in [0.15, 0.2) is 53.0 Å². The van der Waals surface area contributed by atoms with Crippen molar-refractivity contribution in [2.24, 2.45) is 5.73 Å². The van der Waals surface area contributed by atoms with E-state index in [1.165, 1.54) is 5.56 Å². The molecule has 0 aliphatic heterocycles. The van der Waals surface area contributed by atoms with E-state index in [4.69, 9.17) is 10.5 Å². The SMILES string of the molecule is Cc1cccc(C(CN)OCc2cccc(Br)c2)c1. The van der Waals surface area contributed by atoms with Crippen LogP contribution in [-0.2, 0) is 11.3 Å². The van der Waals surface area contributed by atoms with Crippen LogP contribution in [0.3, 0.4) is 0 Å². The molecule has 0 heterocycles. The Morgan fingerprint density at radius 2 is 1.95 bits per heavy atom. The third-order valence-electron chi connectivity index (χ3n) is 2.97. The molecule has 0 aliphatic rings. The predicted octanol–water partition coefficient (Wildman–Crippen LogP) is 3.97. The van der Waals surface area contributed by atoms with Gasteiger partial charge in [0.25, 0.3) is 0 Å². The molecule has 0 aliphatic carbocycles. The van der Waals surface area contributed by atoms with E-state index in [2.05, 4.69) is 53.2 Å². The highest BCUT2D eigenvalue weighted by Gasteiger charge is 2.10. The largest absolute Gasteiger partial charge is 0.368 e. The molecule has 19 heavy (non-hydrogen) atoms. The second kappa shape index (κ2) is 6.85. The summed E-state index contributed by atoms with van der Waals surface area (Å²) in [6.07, 6.45) is -0.0566. The Hall–Kier alpha value is -1.16. The first-order chi connectivity index (χ1) is 9.19. The van der Waals surface area contributed by atoms with E-state index in [-0.39, 0.29) is 6.10 Å². The molecule has 1 atom stereocenters. The van der Waals surface area contributed by atoms with Crippen LogP contribution < -0.4 is 5.73 Å². The number of hydrogen-bond donors (Lipinski definition) is 1. The van der Waals surface area contributed by atoms with Crippen LogP contribution in [0.1, 0.15) is 22.8 Å². The average Bonchev–Trinajstić information content (AvgIpc) is 2.40. The second-order valence-electron chi connectivity index (χ2n) is 4.58. The van der Waals surface area contributed by atoms with Gasteiger partial charge in [-0.25, -0.2) is 0 Å². The number of halogens is 1. The van der Waals surface area contributed by atoms with Gasteiger partial charge in [0.05, 0.1) is 12.7 Å². The van der Waals surface area contributed by atoms with Gasteiger partial charge in [-0.1, -0.05) is 57.9 Å². The summed E-state index contributed by atoms with van der Waals surface area (Å²) in [4.78, 5) is 0. The lowest BCUT2D eigenvalue weighted by Gasteiger charge is -2.17. The van der Waals surface area contributed by atoms with Gasteiger partial charge in [0.1, 0.15) is 0 Å². The number of rotatable bonds is 5. The van der Waals surface area contributed by atoms with E-state index in [1.54, 1.807) is 0 Å². The molecule has 0 radical (unpaired) electrons. The monoisotopic (exact) mass is 319 g/mol. The highest BCUT2D eigenvalue weighted by molar-refractivity contribution is 9.10. The minimum Gasteiger partial charge on any atom is -0.368 e. The molecule has 2 aromatic carbocycles. The molecule has 2 N–H and O–H groups in total. The Morgan fingerprint density at radius 3 is 2.63 bits per heavy atom. The lowest BCUT2D eigenvalue weighted by Crippen LogP contribution is -2.16. The molecule has 2 aromatic rings. The summed E-state index contributed by atoms with van der Waals surface area (Å²) in [5.41, 5.74) is 9.31. The molecule has 0 aromatic heterocycles. The minimum absolute atomic E-state index is 0.0566. The molecule has 0 amide bonds. The minimum atomic E-state index is -0.0566. The first-order valence-electron chi connectivity index (χ1n) is 6.31. The first-order valence-corrected chi connectivity index (χ1v) is 7.11. The Labute approximate surface area is 122 Å². The maximum absolute atomic E-state index is 5.93. The van der Waals surface area contributed by atoms with Gasteiger partial charge in [-0.2, -0.15) is 0 Å². The van der Waals surface area contributed by atoms with Crippen LogP contribution in [0.5, 0.6) is 0 Å². The Bertz CT molecular complexity index is 542. The maximum atomic E-state index is 5.93. The lowest BCUT2D eigenvalue weighted by atomic mass is 10.1. The van der Waals surface area contributed by atoms with Crippen molar-refractivity contribution in [2.45, 2.75) is 19.6 Å². The van der Waals surface area contributed by atoms with E-state index < -0.39 is 0 Å². The van der Waals surface area contributed by atoms with Crippen molar-refractivity contribution in [1.82, 2.24) is 0 Å². The summed E-state index contributed by atoms with van der Waals surface area (Å²) in [5, 5.41) is 0. The molecule has 0 spiro atoms. The topological polar surface area (TPSA) is 35.2 Å². The van der Waals surface area contributed by atoms with E-state index in [0.29, 0.717) is 13.2 Å². The van der Waals surface area contributed by atoms with Crippen LogP contribution in [-0.4, -0.2) is 6.54 Å². The van der Waals surface area contributed by atoms with E-state index in [9.17, 15) is 0 Å². The molecule has 0 fully saturated rings. The standard InChI is InChI=1S/C16H18BrNO/c1-12-4-2-6-14(8-12)16(10-18)19-11-13-5-3-7-15(17)9-13/h2-9,16H,10-11,18H2,1H3. The number of benzene rings is 2. The van der Waals surface area contributed by atoms with Crippen LogP contribution in [0.4, 0.5) is 0 Å². The summed E-state index contributed by atoms with van der Waals surface area (Å²) in [5.74, 6) is 0. The molecule has 0 bridgehead atoms. The summed E-state index contributed by atoms with van der Waals surface area (Å²) in [7, 11) is 0. The van der Waals surface area contributed by atoms with Gasteiger partial charge >= 0.3 is 0 Å². The number of aryl methyl sites for hydroxylation is 1. The zero-order chi connectivity index (χ0) is 13.7. The Morgan fingerprint density at radius 1 is 1.16 bits per heavy atom. The quantitative estimate of drug-likeness (QED) is 0.904. The van der Waals surface area contributed by atoms with Gasteiger partial charge in [0, 0.05) is 11.0 Å². The van der Waals surface area contributed by atoms with E-state index in [0.717, 1.165) is 15.6 Å². The van der Waals surface area contributed by atoms with Gasteiger partial charge in [-0.05, 0) is 30.2 Å². The molecule has 3 heteroatoms. The highest BCUT2D eigenvalue weighted by Crippen LogP contribution is 2.20. The summed E-state index contributed by atoms with van der Waals surface area (Å²) in [6, 6.07) is 16.4. The van der Waals surface area contributed by atoms with Crippen LogP contribution in [0.25, 0.3) is 0 Å². The number of hydrogen-bond acceptors (Lipinski definition) is 2. The van der Waals surface area contributed by atoms with Crippen molar-refractivity contribution in [3.8, 4) is 0 Å². The van der Waals surface area contributed by atoms with E-state index in [1.807, 2.05) is 18.2 Å². The first kappa shape index (κ1) is 14.3. The zero-order valence-corrected chi connectivity index (χ0v) is 12.6. The molecule has 0 saturated carbocycles. The van der Waals surface area contributed by atoms with Crippen LogP contribution in [0, 0.1) is 6.92 Å². The van der Waals surface area contributed by atoms with Crippen LogP contribution >= 0.6 is 15.9 Å². The van der Waals surface area contributed by atoms with Gasteiger partial charge in [-0.15, -0.1) is 0 Å². The van der Waals surface area contributed by atoms with Crippen molar-refractivity contribution in [1.29, 1.82) is 0 Å². The molecule has 100 valence electrons. The number of ether oxygens (including phenoxy) is 1. The van der Waals surface area contributed by atoms with Crippen LogP contribution in [0.2, 0.25) is 0 Å². The van der Waals surface area contributed by atoms with Gasteiger partial charge in [0.2, 0.25) is 0 Å². The normalized spacial score (nSPS) is 12.4. The highest BCUT2D eigenvalue weighted by atomic mass is 79.9. The Kier molecular flexibility index (Phi) is 5.14. The van der Waals surface area contributed by atoms with E-state index >= 15 is 0 Å². The Balaban J connectivity index is 2.04. The molecule has 1 unspecified atom stereocenters. The van der Waals surface area contributed by atoms with Gasteiger partial charge in [-0.3, -0.25) is 0 Å². The number of nitrogens with two attached hydrogens (primary N) is 1. The fourth-order valence-corrected chi connectivity index (χ4v) is 2.44. The second-order valence-corrected chi connectivity index (χ2v) is 5.50. The fourth-order valence-electron chi connectivity index (χ4n) is 1.99. The molecular weight excluding hydrogens is 302 g/mol. The average molecular weight is 320 g/mol. The molecule has 2 rings (SSSR count). The fraction of sp³-hybridized carbons (Fsp3) is 0.250. The van der Waals surface area contributed by atoms with Crippen molar-refractivity contribution in [2.75, 3.05) is 6.54 Å². The molecular formula is C16H18BrNO. The predicted molar refractivity (Wildman–Crippen MR) is 81.9 cm³/mol. The summed E-state index contributed by atoms with van der Waals surface area (Å²) in [6.45, 7) is 3.12.